The lowest BCUT2D eigenvalue weighted by Crippen LogP contribution is -2.23. The van der Waals surface area contributed by atoms with E-state index in [1.807, 2.05) is 0 Å². The molecule has 0 saturated carbocycles. The molecule has 0 amide bonds. The van der Waals surface area contributed by atoms with Crippen molar-refractivity contribution in [1.82, 2.24) is 9.44 Å². The first kappa shape index (κ1) is 28.4. The Kier molecular flexibility index (Phi) is 8.03. The van der Waals surface area contributed by atoms with E-state index in [1.165, 1.54) is 12.1 Å². The van der Waals surface area contributed by atoms with Crippen molar-refractivity contribution < 1.29 is 16.8 Å². The minimum Gasteiger partial charge on any atom is -0.207 e. The summed E-state index contributed by atoms with van der Waals surface area (Å²) in [5, 5.41) is 1.65. The van der Waals surface area contributed by atoms with E-state index in [0.717, 1.165) is 22.3 Å². The van der Waals surface area contributed by atoms with E-state index < -0.39 is 20.0 Å². The summed E-state index contributed by atoms with van der Waals surface area (Å²) in [6.07, 6.45) is 0.392. The molecule has 12 heteroatoms. The number of fused-ring (bicyclic) bond motifs is 3. The number of rotatable bonds is 8. The molecule has 4 aromatic carbocycles. The van der Waals surface area contributed by atoms with E-state index in [-0.39, 0.29) is 22.9 Å². The third kappa shape index (κ3) is 6.14. The smallest absolute Gasteiger partial charge is 0.207 e. The summed E-state index contributed by atoms with van der Waals surface area (Å²) in [6.45, 7) is 0.0101. The van der Waals surface area contributed by atoms with Crippen LogP contribution in [0.2, 0.25) is 20.1 Å². The summed E-state index contributed by atoms with van der Waals surface area (Å²) >= 11 is 24.2. The first-order valence-corrected chi connectivity index (χ1v) is 16.0. The van der Waals surface area contributed by atoms with Crippen molar-refractivity contribution in [1.29, 1.82) is 0 Å². The van der Waals surface area contributed by atoms with Crippen LogP contribution in [-0.4, -0.2) is 16.8 Å². The van der Waals surface area contributed by atoms with Crippen LogP contribution in [0.3, 0.4) is 0 Å². The molecule has 0 heterocycles. The standard InChI is InChI=1S/C27H20Cl4N2O4S2/c28-20-3-1-16(26(30)12-20)14-32-38(34,35)22-5-7-24-18(10-22)9-19-11-23(6-8-25(19)24)39(36,37)33-15-17-2-4-21(29)13-27(17)31/h1-8,10-13,32-33H,9,14-15H2. The molecule has 202 valence electrons. The lowest BCUT2D eigenvalue weighted by molar-refractivity contribution is 0.579. The van der Waals surface area contributed by atoms with Crippen LogP contribution in [0, 0.1) is 0 Å². The fraction of sp³-hybridized carbons (Fsp3) is 0.111. The first-order chi connectivity index (χ1) is 18.4. The van der Waals surface area contributed by atoms with Gasteiger partial charge in [-0.25, -0.2) is 26.3 Å². The van der Waals surface area contributed by atoms with Crippen LogP contribution in [0.4, 0.5) is 0 Å². The molecule has 1 aliphatic rings. The Balaban J connectivity index is 1.32. The Morgan fingerprint density at radius 2 is 0.974 bits per heavy atom. The van der Waals surface area contributed by atoms with Gasteiger partial charge >= 0.3 is 0 Å². The summed E-state index contributed by atoms with van der Waals surface area (Å²) in [6, 6.07) is 19.5. The molecule has 0 saturated heterocycles. The highest BCUT2D eigenvalue weighted by Gasteiger charge is 2.25. The van der Waals surface area contributed by atoms with Crippen molar-refractivity contribution in [2.75, 3.05) is 0 Å². The summed E-state index contributed by atoms with van der Waals surface area (Å²) in [7, 11) is -7.66. The van der Waals surface area contributed by atoms with Crippen molar-refractivity contribution >= 4 is 66.5 Å². The van der Waals surface area contributed by atoms with E-state index in [9.17, 15) is 16.8 Å². The molecule has 6 nitrogen and oxygen atoms in total. The second-order valence-corrected chi connectivity index (χ2v) is 14.2. The van der Waals surface area contributed by atoms with Gasteiger partial charge in [-0.1, -0.05) is 70.7 Å². The molecule has 0 aromatic heterocycles. The van der Waals surface area contributed by atoms with Crippen molar-refractivity contribution in [3.8, 4) is 11.1 Å². The second-order valence-electron chi connectivity index (χ2n) is 8.94. The van der Waals surface area contributed by atoms with Crippen LogP contribution in [0.1, 0.15) is 22.3 Å². The molecular formula is C27H20Cl4N2O4S2. The SMILES string of the molecule is O=S(=O)(NCc1ccc(Cl)cc1Cl)c1ccc2c(c1)Cc1cc(S(=O)(=O)NCc3ccc(Cl)cc3Cl)ccc1-2. The van der Waals surface area contributed by atoms with E-state index >= 15 is 0 Å². The number of hydrogen-bond donors (Lipinski definition) is 2. The largest absolute Gasteiger partial charge is 0.240 e. The zero-order valence-electron chi connectivity index (χ0n) is 20.0. The van der Waals surface area contributed by atoms with Gasteiger partial charge in [-0.05, 0) is 88.3 Å². The predicted molar refractivity (Wildman–Crippen MR) is 156 cm³/mol. The molecule has 0 atom stereocenters. The quantitative estimate of drug-likeness (QED) is 0.194. The normalized spacial score (nSPS) is 12.8. The zero-order valence-corrected chi connectivity index (χ0v) is 24.7. The molecule has 1 aliphatic carbocycles. The first-order valence-electron chi connectivity index (χ1n) is 11.6. The molecule has 0 unspecified atom stereocenters. The Labute approximate surface area is 247 Å². The molecule has 4 aromatic rings. The molecule has 0 fully saturated rings. The molecule has 0 bridgehead atoms. The summed E-state index contributed by atoms with van der Waals surface area (Å²) in [4.78, 5) is 0.210. The number of nitrogens with one attached hydrogen (secondary N) is 2. The lowest BCUT2D eigenvalue weighted by Gasteiger charge is -2.10. The molecular weight excluding hydrogens is 622 g/mol. The van der Waals surface area contributed by atoms with E-state index in [1.54, 1.807) is 60.7 Å². The van der Waals surface area contributed by atoms with Gasteiger partial charge in [0.15, 0.2) is 0 Å². The molecule has 0 radical (unpaired) electrons. The molecule has 5 rings (SSSR count). The average molecular weight is 642 g/mol. The van der Waals surface area contributed by atoms with Crippen molar-refractivity contribution in [2.24, 2.45) is 0 Å². The average Bonchev–Trinajstić information content (AvgIpc) is 3.25. The lowest BCUT2D eigenvalue weighted by atomic mass is 10.1. The second kappa shape index (κ2) is 11.0. The van der Waals surface area contributed by atoms with Gasteiger partial charge in [0.2, 0.25) is 20.0 Å². The van der Waals surface area contributed by atoms with Gasteiger partial charge in [0.25, 0.3) is 0 Å². The van der Waals surface area contributed by atoms with Crippen molar-refractivity contribution in [3.63, 3.8) is 0 Å². The van der Waals surface area contributed by atoms with Gasteiger partial charge in [0.1, 0.15) is 0 Å². The minimum absolute atomic E-state index is 0.00506. The fourth-order valence-electron chi connectivity index (χ4n) is 4.34. The summed E-state index contributed by atoms with van der Waals surface area (Å²) < 4.78 is 57.1. The topological polar surface area (TPSA) is 92.3 Å². The highest BCUT2D eigenvalue weighted by Crippen LogP contribution is 2.39. The Morgan fingerprint density at radius 3 is 1.36 bits per heavy atom. The van der Waals surface area contributed by atoms with E-state index in [2.05, 4.69) is 9.44 Å². The van der Waals surface area contributed by atoms with Crippen molar-refractivity contribution in [3.05, 3.63) is 115 Å². The van der Waals surface area contributed by atoms with Crippen LogP contribution in [0.15, 0.2) is 82.6 Å². The predicted octanol–water partition coefficient (Wildman–Crippen LogP) is 6.83. The molecule has 0 spiro atoms. The van der Waals surface area contributed by atoms with Gasteiger partial charge in [0, 0.05) is 33.2 Å². The zero-order chi connectivity index (χ0) is 27.9. The summed E-state index contributed by atoms with van der Waals surface area (Å²) in [5.41, 5.74) is 4.47. The van der Waals surface area contributed by atoms with E-state index in [4.69, 9.17) is 46.4 Å². The Hall–Kier alpha value is -2.14. The maximum Gasteiger partial charge on any atom is 0.240 e. The maximum atomic E-state index is 13.0. The van der Waals surface area contributed by atoms with Crippen LogP contribution in [0.5, 0.6) is 0 Å². The third-order valence-electron chi connectivity index (χ3n) is 6.38. The highest BCUT2D eigenvalue weighted by atomic mass is 35.5. The molecule has 0 aliphatic heterocycles. The van der Waals surface area contributed by atoms with Gasteiger partial charge in [-0.15, -0.1) is 0 Å². The number of sulfonamides is 2. The Morgan fingerprint density at radius 1 is 0.564 bits per heavy atom. The van der Waals surface area contributed by atoms with Gasteiger partial charge in [-0.2, -0.15) is 0 Å². The van der Waals surface area contributed by atoms with Gasteiger partial charge in [-0.3, -0.25) is 0 Å². The minimum atomic E-state index is -3.83. The van der Waals surface area contributed by atoms with Crippen LogP contribution < -0.4 is 9.44 Å². The van der Waals surface area contributed by atoms with Crippen LogP contribution in [-0.2, 0) is 39.6 Å². The van der Waals surface area contributed by atoms with E-state index in [0.29, 0.717) is 37.6 Å². The highest BCUT2D eigenvalue weighted by molar-refractivity contribution is 7.89. The van der Waals surface area contributed by atoms with Crippen molar-refractivity contribution in [2.45, 2.75) is 29.3 Å². The third-order valence-corrected chi connectivity index (χ3v) is 10.4. The number of halogens is 4. The monoisotopic (exact) mass is 640 g/mol. The maximum absolute atomic E-state index is 13.0. The fourth-order valence-corrected chi connectivity index (χ4v) is 7.40. The summed E-state index contributed by atoms with van der Waals surface area (Å²) in [5.74, 6) is 0. The van der Waals surface area contributed by atoms with Crippen LogP contribution in [0.25, 0.3) is 11.1 Å². The number of hydrogen-bond acceptors (Lipinski definition) is 4. The van der Waals surface area contributed by atoms with Gasteiger partial charge in [0.05, 0.1) is 9.79 Å². The Bertz CT molecular complexity index is 1690. The molecule has 39 heavy (non-hydrogen) atoms. The molecule has 2 N–H and O–H groups in total. The number of benzene rings is 4. The van der Waals surface area contributed by atoms with Crippen LogP contribution >= 0.6 is 46.4 Å². The van der Waals surface area contributed by atoms with Gasteiger partial charge < -0.3 is 0 Å².